The van der Waals surface area contributed by atoms with Gasteiger partial charge in [-0.3, -0.25) is 0 Å². The topological polar surface area (TPSA) is 86.5 Å². The predicted molar refractivity (Wildman–Crippen MR) is 120 cm³/mol. The van der Waals surface area contributed by atoms with Crippen LogP contribution >= 0.6 is 11.6 Å². The number of hydrogen-bond donors (Lipinski definition) is 1. The normalized spacial score (nSPS) is 12.5. The number of aromatic nitrogens is 3. The van der Waals surface area contributed by atoms with Gasteiger partial charge in [0.1, 0.15) is 34.3 Å². The molecule has 1 heterocycles. The van der Waals surface area contributed by atoms with Crippen LogP contribution in [-0.4, -0.2) is 38.8 Å². The number of aromatic hydroxyl groups is 1. The van der Waals surface area contributed by atoms with Crippen molar-refractivity contribution in [3.05, 3.63) is 53.6 Å². The van der Waals surface area contributed by atoms with Crippen LogP contribution in [0, 0.1) is 0 Å². The van der Waals surface area contributed by atoms with E-state index in [-0.39, 0.29) is 17.3 Å². The van der Waals surface area contributed by atoms with E-state index in [0.29, 0.717) is 46.1 Å². The first-order valence-electron chi connectivity index (χ1n) is 9.95. The van der Waals surface area contributed by atoms with E-state index in [1.54, 1.807) is 37.3 Å². The summed E-state index contributed by atoms with van der Waals surface area (Å²) in [5, 5.41) is 20.5. The summed E-state index contributed by atoms with van der Waals surface area (Å²) in [4.78, 5) is 12.7. The van der Waals surface area contributed by atoms with Crippen LogP contribution in [0.25, 0.3) is 16.7 Å². The van der Waals surface area contributed by atoms with Gasteiger partial charge in [0.15, 0.2) is 0 Å². The maximum absolute atomic E-state index is 11.3. The largest absolute Gasteiger partial charge is 0.505 e. The van der Waals surface area contributed by atoms with Crippen LogP contribution in [0.3, 0.4) is 0 Å². The number of fused-ring (bicyclic) bond motifs is 1. The van der Waals surface area contributed by atoms with Gasteiger partial charge in [-0.05, 0) is 36.6 Å². The van der Waals surface area contributed by atoms with Crippen LogP contribution in [-0.2, 0) is 14.9 Å². The fourth-order valence-corrected chi connectivity index (χ4v) is 3.21. The SMILES string of the molecule is C=CC(=O)OC(C)CCOc1cc(-n2nc3ccc(Cl)cc3n2)c(O)c(C(C)(C)C)c1. The summed E-state index contributed by atoms with van der Waals surface area (Å²) in [5.74, 6) is 0.172. The highest BCUT2D eigenvalue weighted by Crippen LogP contribution is 2.38. The molecule has 0 fully saturated rings. The van der Waals surface area contributed by atoms with E-state index in [1.807, 2.05) is 20.8 Å². The molecule has 1 atom stereocenters. The van der Waals surface area contributed by atoms with Crippen LogP contribution in [0.5, 0.6) is 11.5 Å². The van der Waals surface area contributed by atoms with Gasteiger partial charge < -0.3 is 14.6 Å². The average Bonchev–Trinajstić information content (AvgIpc) is 3.10. The molecule has 0 saturated heterocycles. The Bertz CT molecular complexity index is 1120. The number of carbonyl (C=O) groups is 1. The summed E-state index contributed by atoms with van der Waals surface area (Å²) < 4.78 is 11.1. The second-order valence-electron chi connectivity index (χ2n) is 8.30. The lowest BCUT2D eigenvalue weighted by Crippen LogP contribution is -2.17. The molecule has 2 aromatic carbocycles. The fraction of sp³-hybridized carbons (Fsp3) is 0.348. The molecule has 0 aliphatic heterocycles. The molecule has 1 unspecified atom stereocenters. The molecule has 0 radical (unpaired) electrons. The van der Waals surface area contributed by atoms with Gasteiger partial charge in [0.05, 0.1) is 6.61 Å². The lowest BCUT2D eigenvalue weighted by atomic mass is 9.86. The third-order valence-corrected chi connectivity index (χ3v) is 4.94. The Morgan fingerprint density at radius 3 is 2.65 bits per heavy atom. The number of esters is 1. The van der Waals surface area contributed by atoms with Gasteiger partial charge >= 0.3 is 5.97 Å². The second kappa shape index (κ2) is 8.98. The van der Waals surface area contributed by atoms with E-state index in [0.717, 1.165) is 6.08 Å². The minimum atomic E-state index is -0.466. The third kappa shape index (κ3) is 5.35. The van der Waals surface area contributed by atoms with E-state index in [9.17, 15) is 9.90 Å². The zero-order valence-corrected chi connectivity index (χ0v) is 18.8. The summed E-state index contributed by atoms with van der Waals surface area (Å²) in [6.45, 7) is 11.5. The molecule has 0 aliphatic rings. The number of benzene rings is 2. The molecule has 3 rings (SSSR count). The van der Waals surface area contributed by atoms with Crippen LogP contribution in [0.2, 0.25) is 5.02 Å². The Balaban J connectivity index is 1.91. The van der Waals surface area contributed by atoms with E-state index in [4.69, 9.17) is 21.1 Å². The smallest absolute Gasteiger partial charge is 0.330 e. The average molecular weight is 444 g/mol. The monoisotopic (exact) mass is 443 g/mol. The minimum Gasteiger partial charge on any atom is -0.505 e. The van der Waals surface area contributed by atoms with Gasteiger partial charge in [0, 0.05) is 29.1 Å². The van der Waals surface area contributed by atoms with Crippen molar-refractivity contribution in [1.82, 2.24) is 15.0 Å². The zero-order chi connectivity index (χ0) is 22.8. The summed E-state index contributed by atoms with van der Waals surface area (Å²) in [6, 6.07) is 8.72. The molecule has 164 valence electrons. The fourth-order valence-electron chi connectivity index (χ4n) is 3.04. The number of hydrogen-bond acceptors (Lipinski definition) is 6. The van der Waals surface area contributed by atoms with Crippen LogP contribution in [0.4, 0.5) is 0 Å². The summed E-state index contributed by atoms with van der Waals surface area (Å²) in [6.07, 6.45) is 1.32. The molecule has 0 saturated carbocycles. The minimum absolute atomic E-state index is 0.0829. The lowest BCUT2D eigenvalue weighted by Gasteiger charge is -2.23. The second-order valence-corrected chi connectivity index (χ2v) is 8.74. The molecule has 31 heavy (non-hydrogen) atoms. The highest BCUT2D eigenvalue weighted by Gasteiger charge is 2.24. The molecule has 3 aromatic rings. The first-order valence-corrected chi connectivity index (χ1v) is 10.3. The number of nitrogens with zero attached hydrogens (tertiary/aromatic N) is 3. The van der Waals surface area contributed by atoms with Crippen LogP contribution in [0.1, 0.15) is 39.7 Å². The van der Waals surface area contributed by atoms with Crippen molar-refractivity contribution in [2.45, 2.75) is 45.6 Å². The van der Waals surface area contributed by atoms with Crippen molar-refractivity contribution in [3.63, 3.8) is 0 Å². The Morgan fingerprint density at radius 1 is 1.26 bits per heavy atom. The van der Waals surface area contributed by atoms with Gasteiger partial charge in [-0.25, -0.2) is 4.79 Å². The zero-order valence-electron chi connectivity index (χ0n) is 18.1. The number of ether oxygens (including phenoxy) is 2. The van der Waals surface area contributed by atoms with Crippen molar-refractivity contribution in [2.75, 3.05) is 6.61 Å². The number of phenols is 1. The quantitative estimate of drug-likeness (QED) is 0.410. The lowest BCUT2D eigenvalue weighted by molar-refractivity contribution is -0.142. The maximum Gasteiger partial charge on any atom is 0.330 e. The Hall–Kier alpha value is -3.06. The van der Waals surface area contributed by atoms with E-state index in [2.05, 4.69) is 16.8 Å². The Labute approximate surface area is 186 Å². The number of rotatable bonds is 7. The number of phenolic OH excluding ortho intramolecular Hbond substituents is 1. The van der Waals surface area contributed by atoms with E-state index >= 15 is 0 Å². The Kier molecular flexibility index (Phi) is 6.55. The molecular formula is C23H26ClN3O4. The summed E-state index contributed by atoms with van der Waals surface area (Å²) >= 11 is 6.06. The van der Waals surface area contributed by atoms with E-state index < -0.39 is 5.97 Å². The van der Waals surface area contributed by atoms with Crippen molar-refractivity contribution in [1.29, 1.82) is 0 Å². The van der Waals surface area contributed by atoms with Gasteiger partial charge in [-0.1, -0.05) is 39.0 Å². The van der Waals surface area contributed by atoms with Gasteiger partial charge in [-0.15, -0.1) is 15.0 Å². The summed E-state index contributed by atoms with van der Waals surface area (Å²) in [7, 11) is 0. The molecule has 1 N–H and O–H groups in total. The van der Waals surface area contributed by atoms with Gasteiger partial charge in [0.25, 0.3) is 0 Å². The summed E-state index contributed by atoms with van der Waals surface area (Å²) in [5.41, 5.74) is 2.03. The number of halogens is 1. The van der Waals surface area contributed by atoms with Gasteiger partial charge in [0.2, 0.25) is 0 Å². The first kappa shape index (κ1) is 22.6. The molecule has 0 spiro atoms. The highest BCUT2D eigenvalue weighted by molar-refractivity contribution is 6.31. The molecule has 1 aromatic heterocycles. The van der Waals surface area contributed by atoms with Crippen LogP contribution < -0.4 is 4.74 Å². The van der Waals surface area contributed by atoms with Crippen LogP contribution in [0.15, 0.2) is 43.0 Å². The maximum atomic E-state index is 11.3. The molecule has 8 heteroatoms. The first-order chi connectivity index (χ1) is 14.6. The molecular weight excluding hydrogens is 418 g/mol. The van der Waals surface area contributed by atoms with Crippen molar-refractivity contribution in [2.24, 2.45) is 0 Å². The molecule has 7 nitrogen and oxygen atoms in total. The van der Waals surface area contributed by atoms with E-state index in [1.165, 1.54) is 4.80 Å². The molecule has 0 amide bonds. The number of carbonyl (C=O) groups excluding carboxylic acids is 1. The molecule has 0 aliphatic carbocycles. The van der Waals surface area contributed by atoms with Crippen molar-refractivity contribution < 1.29 is 19.4 Å². The highest BCUT2D eigenvalue weighted by atomic mass is 35.5. The van der Waals surface area contributed by atoms with Crippen molar-refractivity contribution in [3.8, 4) is 17.2 Å². The molecule has 0 bridgehead atoms. The Morgan fingerprint density at radius 2 is 1.97 bits per heavy atom. The predicted octanol–water partition coefficient (Wildman–Crippen LogP) is 4.96. The third-order valence-electron chi connectivity index (χ3n) is 4.71. The van der Waals surface area contributed by atoms with Crippen molar-refractivity contribution >= 4 is 28.6 Å². The van der Waals surface area contributed by atoms with Gasteiger partial charge in [-0.2, -0.15) is 0 Å². The standard InChI is InChI=1S/C23H26ClN3O4/c1-6-21(28)31-14(2)9-10-30-16-12-17(23(3,4)5)22(29)20(13-16)27-25-18-8-7-15(24)11-19(18)26-27/h6-8,11-14,29H,1,9-10H2,2-5H3.